The van der Waals surface area contributed by atoms with Gasteiger partial charge < -0.3 is 15.0 Å². The van der Waals surface area contributed by atoms with Gasteiger partial charge in [-0.1, -0.05) is 44.6 Å². The maximum Gasteiger partial charge on any atom is 0.147 e. The number of H-pyrrole nitrogens is 1. The molecule has 2 fully saturated rings. The second-order valence-corrected chi connectivity index (χ2v) is 9.64. The molecule has 5 rings (SSSR count). The van der Waals surface area contributed by atoms with Crippen LogP contribution in [0, 0.1) is 11.7 Å². The van der Waals surface area contributed by atoms with Crippen LogP contribution in [0.2, 0.25) is 0 Å². The van der Waals surface area contributed by atoms with Crippen LogP contribution in [0.3, 0.4) is 0 Å². The van der Waals surface area contributed by atoms with Crippen LogP contribution in [-0.2, 0) is 6.54 Å². The Morgan fingerprint density at radius 1 is 0.935 bits per heavy atom. The minimum atomic E-state index is -0.188. The lowest BCUT2D eigenvalue weighted by molar-refractivity contribution is 0.155. The normalized spacial score (nSPS) is 18.7. The van der Waals surface area contributed by atoms with E-state index in [2.05, 4.69) is 22.4 Å². The van der Waals surface area contributed by atoms with Crippen molar-refractivity contribution in [1.82, 2.24) is 10.3 Å². The van der Waals surface area contributed by atoms with Gasteiger partial charge in [0, 0.05) is 23.4 Å². The molecule has 0 saturated heterocycles. The predicted octanol–water partition coefficient (Wildman–Crippen LogP) is 7.23. The fourth-order valence-corrected chi connectivity index (χ4v) is 5.63. The van der Waals surface area contributed by atoms with E-state index in [1.807, 2.05) is 12.1 Å². The predicted molar refractivity (Wildman–Crippen MR) is 126 cm³/mol. The zero-order valence-corrected chi connectivity index (χ0v) is 18.5. The van der Waals surface area contributed by atoms with E-state index in [1.54, 1.807) is 6.07 Å². The zero-order valence-electron chi connectivity index (χ0n) is 18.5. The average molecular weight is 423 g/mol. The molecule has 3 nitrogen and oxygen atoms in total. The standard InChI is InChI=1S/C27H35FN2O/c28-24-14-11-20(18-29-16-15-19-7-3-1-4-8-19)26-23-13-12-22(17-25(23)30-27(24)26)31-21-9-5-2-6-10-21/h11-14,17,19,21,29-30H,1-10,15-16,18H2. The summed E-state index contributed by atoms with van der Waals surface area (Å²) in [5.41, 5.74) is 2.72. The second-order valence-electron chi connectivity index (χ2n) is 9.64. The Bertz CT molecular complexity index is 1010. The molecule has 0 amide bonds. The molecule has 3 aromatic rings. The van der Waals surface area contributed by atoms with Crippen molar-refractivity contribution in [3.63, 3.8) is 0 Å². The molecule has 1 aromatic heterocycles. The molecule has 0 aliphatic heterocycles. The number of aromatic nitrogens is 1. The molecule has 166 valence electrons. The van der Waals surface area contributed by atoms with E-state index >= 15 is 0 Å². The first-order valence-corrected chi connectivity index (χ1v) is 12.4. The molecule has 0 spiro atoms. The maximum absolute atomic E-state index is 14.6. The Morgan fingerprint density at radius 3 is 2.52 bits per heavy atom. The van der Waals surface area contributed by atoms with Crippen molar-refractivity contribution in [3.8, 4) is 5.75 Å². The summed E-state index contributed by atoms with van der Waals surface area (Å²) in [5.74, 6) is 1.58. The molecule has 2 aromatic carbocycles. The average Bonchev–Trinajstić information content (AvgIpc) is 3.19. The van der Waals surface area contributed by atoms with Gasteiger partial charge >= 0.3 is 0 Å². The summed E-state index contributed by atoms with van der Waals surface area (Å²) in [4.78, 5) is 3.32. The maximum atomic E-state index is 14.6. The highest BCUT2D eigenvalue weighted by Gasteiger charge is 2.17. The summed E-state index contributed by atoms with van der Waals surface area (Å²) < 4.78 is 20.9. The van der Waals surface area contributed by atoms with Crippen LogP contribution in [0.5, 0.6) is 5.75 Å². The lowest BCUT2D eigenvalue weighted by atomic mass is 9.87. The fourth-order valence-electron chi connectivity index (χ4n) is 5.63. The molecule has 2 aliphatic rings. The van der Waals surface area contributed by atoms with Gasteiger partial charge in [-0.05, 0) is 68.3 Å². The summed E-state index contributed by atoms with van der Waals surface area (Å²) in [6.07, 6.45) is 14.6. The molecular formula is C27H35FN2O. The van der Waals surface area contributed by atoms with Crippen molar-refractivity contribution >= 4 is 21.8 Å². The summed E-state index contributed by atoms with van der Waals surface area (Å²) >= 11 is 0. The Balaban J connectivity index is 1.32. The number of halogens is 1. The summed E-state index contributed by atoms with van der Waals surface area (Å²) in [7, 11) is 0. The van der Waals surface area contributed by atoms with Crippen molar-refractivity contribution in [3.05, 3.63) is 41.7 Å². The SMILES string of the molecule is Fc1ccc(CNCCC2CCCCC2)c2c1[nH]c1cc(OC3CCCCC3)ccc12. The highest BCUT2D eigenvalue weighted by atomic mass is 19.1. The number of ether oxygens (including phenoxy) is 1. The van der Waals surface area contributed by atoms with Crippen LogP contribution in [0.4, 0.5) is 4.39 Å². The molecule has 2 N–H and O–H groups in total. The number of benzene rings is 2. The Kier molecular flexibility index (Phi) is 6.45. The Hall–Kier alpha value is -2.07. The van der Waals surface area contributed by atoms with E-state index in [1.165, 1.54) is 57.8 Å². The monoisotopic (exact) mass is 422 g/mol. The fraction of sp³-hybridized carbons (Fsp3) is 0.556. The van der Waals surface area contributed by atoms with Gasteiger partial charge in [0.05, 0.1) is 17.1 Å². The van der Waals surface area contributed by atoms with E-state index in [0.29, 0.717) is 11.6 Å². The third-order valence-corrected chi connectivity index (χ3v) is 7.39. The van der Waals surface area contributed by atoms with Gasteiger partial charge in [0.2, 0.25) is 0 Å². The van der Waals surface area contributed by atoms with Crippen LogP contribution in [0.25, 0.3) is 21.8 Å². The van der Waals surface area contributed by atoms with Crippen molar-refractivity contribution in [1.29, 1.82) is 0 Å². The number of fused-ring (bicyclic) bond motifs is 3. The van der Waals surface area contributed by atoms with Crippen LogP contribution < -0.4 is 10.1 Å². The molecule has 2 saturated carbocycles. The van der Waals surface area contributed by atoms with Gasteiger partial charge in [-0.25, -0.2) is 4.39 Å². The molecule has 31 heavy (non-hydrogen) atoms. The first kappa shape index (κ1) is 20.8. The van der Waals surface area contributed by atoms with Crippen molar-refractivity contribution in [2.75, 3.05) is 6.54 Å². The van der Waals surface area contributed by atoms with E-state index < -0.39 is 0 Å². The topological polar surface area (TPSA) is 37.0 Å². The quantitative estimate of drug-likeness (QED) is 0.394. The smallest absolute Gasteiger partial charge is 0.147 e. The highest BCUT2D eigenvalue weighted by Crippen LogP contribution is 2.33. The molecule has 1 heterocycles. The molecule has 0 unspecified atom stereocenters. The van der Waals surface area contributed by atoms with E-state index in [9.17, 15) is 4.39 Å². The number of hydrogen-bond donors (Lipinski definition) is 2. The van der Waals surface area contributed by atoms with Gasteiger partial charge in [0.25, 0.3) is 0 Å². The first-order chi connectivity index (χ1) is 15.3. The number of aromatic amines is 1. The second kappa shape index (κ2) is 9.60. The van der Waals surface area contributed by atoms with Crippen LogP contribution in [0.1, 0.15) is 76.2 Å². The summed E-state index contributed by atoms with van der Waals surface area (Å²) in [6.45, 7) is 1.81. The molecular weight excluding hydrogens is 387 g/mol. The van der Waals surface area contributed by atoms with Crippen LogP contribution in [-0.4, -0.2) is 17.6 Å². The van der Waals surface area contributed by atoms with E-state index in [0.717, 1.165) is 59.5 Å². The van der Waals surface area contributed by atoms with E-state index in [4.69, 9.17) is 4.74 Å². The third kappa shape index (κ3) is 4.74. The molecule has 4 heteroatoms. The first-order valence-electron chi connectivity index (χ1n) is 12.4. The Morgan fingerprint density at radius 2 is 1.71 bits per heavy atom. The number of nitrogens with one attached hydrogen (secondary N) is 2. The van der Waals surface area contributed by atoms with Crippen molar-refractivity contribution in [2.24, 2.45) is 5.92 Å². The van der Waals surface area contributed by atoms with Crippen LogP contribution in [0.15, 0.2) is 30.3 Å². The van der Waals surface area contributed by atoms with Gasteiger partial charge in [0.1, 0.15) is 11.6 Å². The third-order valence-electron chi connectivity index (χ3n) is 7.39. The minimum Gasteiger partial charge on any atom is -0.490 e. The van der Waals surface area contributed by atoms with Crippen molar-refractivity contribution in [2.45, 2.75) is 83.3 Å². The zero-order chi connectivity index (χ0) is 21.0. The molecule has 0 radical (unpaired) electrons. The minimum absolute atomic E-state index is 0.188. The lowest BCUT2D eigenvalue weighted by Crippen LogP contribution is -2.19. The van der Waals surface area contributed by atoms with Gasteiger partial charge in [0.15, 0.2) is 0 Å². The molecule has 2 aliphatic carbocycles. The van der Waals surface area contributed by atoms with Crippen molar-refractivity contribution < 1.29 is 9.13 Å². The summed E-state index contributed by atoms with van der Waals surface area (Å²) in [6, 6.07) is 9.72. The lowest BCUT2D eigenvalue weighted by Gasteiger charge is -2.23. The molecule has 0 bridgehead atoms. The van der Waals surface area contributed by atoms with Gasteiger partial charge in [-0.2, -0.15) is 0 Å². The molecule has 0 atom stereocenters. The summed E-state index contributed by atoms with van der Waals surface area (Å²) in [5, 5.41) is 5.70. The van der Waals surface area contributed by atoms with E-state index in [-0.39, 0.29) is 5.82 Å². The number of rotatable bonds is 7. The van der Waals surface area contributed by atoms with Gasteiger partial charge in [-0.3, -0.25) is 0 Å². The number of hydrogen-bond acceptors (Lipinski definition) is 2. The largest absolute Gasteiger partial charge is 0.490 e. The van der Waals surface area contributed by atoms with Crippen LogP contribution >= 0.6 is 0 Å². The highest BCUT2D eigenvalue weighted by molar-refractivity contribution is 6.09. The Labute approximate surface area is 184 Å². The van der Waals surface area contributed by atoms with Gasteiger partial charge in [-0.15, -0.1) is 0 Å².